The van der Waals surface area contributed by atoms with Crippen LogP contribution in [0.15, 0.2) is 36.4 Å². The number of nitrogens with one attached hydrogen (secondary N) is 3. The van der Waals surface area contributed by atoms with Crippen molar-refractivity contribution in [3.63, 3.8) is 0 Å². The van der Waals surface area contributed by atoms with Crippen molar-refractivity contribution >= 4 is 23.2 Å². The molecule has 2 aromatic rings. The van der Waals surface area contributed by atoms with Gasteiger partial charge in [-0.2, -0.15) is 13.2 Å². The number of anilines is 2. The predicted molar refractivity (Wildman–Crippen MR) is 118 cm³/mol. The third kappa shape index (κ3) is 3.91. The molecule has 6 rings (SSSR count). The van der Waals surface area contributed by atoms with E-state index in [1.807, 2.05) is 23.1 Å². The van der Waals surface area contributed by atoms with Crippen LogP contribution in [0.25, 0.3) is 0 Å². The van der Waals surface area contributed by atoms with Gasteiger partial charge in [0.25, 0.3) is 11.8 Å². The number of ether oxygens (including phenoxy) is 1. The van der Waals surface area contributed by atoms with E-state index in [2.05, 4.69) is 26.1 Å². The molecule has 2 amide bonds. The normalized spacial score (nSPS) is 26.3. The first kappa shape index (κ1) is 22.0. The molecule has 0 spiro atoms. The number of aromatic nitrogens is 1. The van der Waals surface area contributed by atoms with Gasteiger partial charge in [-0.05, 0) is 47.9 Å². The van der Waals surface area contributed by atoms with Crippen LogP contribution in [0.2, 0.25) is 0 Å². The van der Waals surface area contributed by atoms with E-state index in [9.17, 15) is 22.8 Å². The second kappa shape index (κ2) is 8.01. The molecule has 3 fully saturated rings. The van der Waals surface area contributed by atoms with Crippen LogP contribution in [0.5, 0.6) is 5.88 Å². The minimum atomic E-state index is -4.48. The molecule has 9 nitrogen and oxygen atoms in total. The Balaban J connectivity index is 1.08. The first-order valence-corrected chi connectivity index (χ1v) is 11.4. The van der Waals surface area contributed by atoms with Crippen molar-refractivity contribution < 1.29 is 27.5 Å². The highest BCUT2D eigenvalue weighted by Gasteiger charge is 2.59. The van der Waals surface area contributed by atoms with Gasteiger partial charge in [0.05, 0.1) is 11.4 Å². The van der Waals surface area contributed by atoms with Crippen LogP contribution in [0, 0.1) is 23.7 Å². The first-order chi connectivity index (χ1) is 16.8. The molecule has 1 aliphatic carbocycles. The zero-order valence-electron chi connectivity index (χ0n) is 18.5. The number of likely N-dealkylation sites (tertiary alicyclic amines) is 2. The number of carbonyl (C=O) groups is 2. The molecule has 1 saturated carbocycles. The molecule has 12 heteroatoms. The number of halogens is 3. The van der Waals surface area contributed by atoms with E-state index in [-0.39, 0.29) is 23.4 Å². The number of alkyl halides is 3. The lowest BCUT2D eigenvalue weighted by molar-refractivity contribution is -0.154. The van der Waals surface area contributed by atoms with E-state index >= 15 is 0 Å². The highest BCUT2D eigenvalue weighted by atomic mass is 19.4. The van der Waals surface area contributed by atoms with Crippen LogP contribution in [0.4, 0.5) is 24.5 Å². The molecule has 0 bridgehead atoms. The molecule has 0 radical (unpaired) electrons. The van der Waals surface area contributed by atoms with Crippen molar-refractivity contribution in [1.82, 2.24) is 20.3 Å². The summed E-state index contributed by atoms with van der Waals surface area (Å²) in [6.45, 7) is 0.976. The van der Waals surface area contributed by atoms with Gasteiger partial charge in [-0.25, -0.2) is 4.98 Å². The number of rotatable bonds is 4. The van der Waals surface area contributed by atoms with E-state index in [1.54, 1.807) is 4.90 Å². The van der Waals surface area contributed by atoms with Crippen LogP contribution in [0.3, 0.4) is 0 Å². The third-order valence-electron chi connectivity index (χ3n) is 7.49. The van der Waals surface area contributed by atoms with Crippen molar-refractivity contribution in [2.75, 3.05) is 43.6 Å². The Labute approximate surface area is 198 Å². The fourth-order valence-electron chi connectivity index (χ4n) is 5.88. The molecule has 3 N–H and O–H groups in total. The lowest BCUT2D eigenvalue weighted by atomic mass is 9.60. The maximum atomic E-state index is 13.1. The highest BCUT2D eigenvalue weighted by Crippen LogP contribution is 2.54. The number of hydrogen-bond donors (Lipinski definition) is 3. The second-order valence-corrected chi connectivity index (χ2v) is 9.48. The Morgan fingerprint density at radius 1 is 0.914 bits per heavy atom. The number of carbonyl (C=O) groups excluding carboxylic acids is 2. The number of pyridine rings is 1. The minimum Gasteiger partial charge on any atom is -0.468 e. The molecule has 4 aliphatic rings. The maximum Gasteiger partial charge on any atom is 0.422 e. The van der Waals surface area contributed by atoms with Gasteiger partial charge in [0.15, 0.2) is 6.61 Å². The molecule has 35 heavy (non-hydrogen) atoms. The molecular formula is C23H23F3N6O3. The summed E-state index contributed by atoms with van der Waals surface area (Å²) in [7, 11) is 0. The number of hydrazine groups is 2. The summed E-state index contributed by atoms with van der Waals surface area (Å²) in [5.41, 5.74) is 11.1. The molecule has 1 aromatic carbocycles. The van der Waals surface area contributed by atoms with Gasteiger partial charge in [-0.3, -0.25) is 9.59 Å². The van der Waals surface area contributed by atoms with Crippen molar-refractivity contribution in [3.8, 4) is 5.88 Å². The Bertz CT molecular complexity index is 1170. The Morgan fingerprint density at radius 3 is 2.20 bits per heavy atom. The summed E-state index contributed by atoms with van der Waals surface area (Å²) < 4.78 is 41.9. The van der Waals surface area contributed by atoms with Gasteiger partial charge < -0.3 is 25.4 Å². The van der Waals surface area contributed by atoms with Crippen LogP contribution < -0.4 is 21.1 Å². The molecule has 184 valence electrons. The number of hydrogen-bond acceptors (Lipinski definition) is 7. The Hall–Kier alpha value is -3.54. The minimum absolute atomic E-state index is 0.00165. The summed E-state index contributed by atoms with van der Waals surface area (Å²) in [4.78, 5) is 33.7. The van der Waals surface area contributed by atoms with Gasteiger partial charge >= 0.3 is 6.18 Å². The molecule has 1 aromatic heterocycles. The van der Waals surface area contributed by atoms with E-state index in [1.165, 1.54) is 18.2 Å². The lowest BCUT2D eigenvalue weighted by Gasteiger charge is -2.42. The topological polar surface area (TPSA) is 98.8 Å². The summed E-state index contributed by atoms with van der Waals surface area (Å²) in [6.07, 6.45) is -4.48. The van der Waals surface area contributed by atoms with Crippen molar-refractivity contribution in [1.29, 1.82) is 0 Å². The highest BCUT2D eigenvalue weighted by molar-refractivity contribution is 5.97. The van der Waals surface area contributed by atoms with Crippen molar-refractivity contribution in [2.45, 2.75) is 6.18 Å². The Morgan fingerprint density at radius 2 is 1.54 bits per heavy atom. The van der Waals surface area contributed by atoms with Gasteiger partial charge in [-0.15, -0.1) is 5.53 Å². The quantitative estimate of drug-likeness (QED) is 0.608. The molecular weight excluding hydrogens is 465 g/mol. The summed E-state index contributed by atoms with van der Waals surface area (Å²) in [5, 5.41) is 0. The van der Waals surface area contributed by atoms with Crippen LogP contribution in [0.1, 0.15) is 20.8 Å². The fourth-order valence-corrected chi connectivity index (χ4v) is 5.88. The molecule has 4 heterocycles. The van der Waals surface area contributed by atoms with E-state index in [4.69, 9.17) is 0 Å². The largest absolute Gasteiger partial charge is 0.468 e. The number of amides is 2. The third-order valence-corrected chi connectivity index (χ3v) is 7.49. The molecule has 2 saturated heterocycles. The monoisotopic (exact) mass is 488 g/mol. The molecule has 4 atom stereocenters. The average molecular weight is 488 g/mol. The number of nitrogens with zero attached hydrogens (tertiary/aromatic N) is 3. The first-order valence-electron chi connectivity index (χ1n) is 11.4. The zero-order chi connectivity index (χ0) is 24.3. The lowest BCUT2D eigenvalue weighted by Crippen LogP contribution is -2.44. The standard InChI is InChI=1S/C23H23F3N6O3/c24-23(25,26)11-35-20-3-1-2-18(27-20)22(34)32-9-15-13-7-31(8-14(13)16(15)10-32)21(33)12-4-5-17-19(6-12)29-30-28-17/h1-6,13-16,28-30H,7-11H2/t13-,14+,15+,16-. The van der Waals surface area contributed by atoms with Gasteiger partial charge in [-0.1, -0.05) is 6.07 Å². The summed E-state index contributed by atoms with van der Waals surface area (Å²) >= 11 is 0. The molecule has 0 unspecified atom stereocenters. The SMILES string of the molecule is O=C(c1ccc2c(c1)NNN2)N1C[C@@H]2[C@H](C1)[C@H]1CN(C(=O)c3cccc(OCC(F)(F)F)n3)C[C@@H]21. The van der Waals surface area contributed by atoms with E-state index in [0.29, 0.717) is 55.4 Å². The van der Waals surface area contributed by atoms with Crippen LogP contribution in [-0.2, 0) is 0 Å². The van der Waals surface area contributed by atoms with Gasteiger partial charge in [0, 0.05) is 37.8 Å². The van der Waals surface area contributed by atoms with Crippen LogP contribution >= 0.6 is 0 Å². The maximum absolute atomic E-state index is 13.1. The fraction of sp³-hybridized carbons (Fsp3) is 0.435. The van der Waals surface area contributed by atoms with E-state index < -0.39 is 12.8 Å². The van der Waals surface area contributed by atoms with Gasteiger partial charge in [0.1, 0.15) is 5.69 Å². The van der Waals surface area contributed by atoms with Crippen molar-refractivity contribution in [3.05, 3.63) is 47.7 Å². The average Bonchev–Trinajstić information content (AvgIpc) is 3.55. The molecule has 3 aliphatic heterocycles. The Kier molecular flexibility index (Phi) is 5.02. The summed E-state index contributed by atoms with van der Waals surface area (Å²) in [6, 6.07) is 9.75. The van der Waals surface area contributed by atoms with Crippen LogP contribution in [-0.4, -0.2) is 65.6 Å². The smallest absolute Gasteiger partial charge is 0.422 e. The van der Waals surface area contributed by atoms with Crippen molar-refractivity contribution in [2.24, 2.45) is 23.7 Å². The predicted octanol–water partition coefficient (Wildman–Crippen LogP) is 2.37. The van der Waals surface area contributed by atoms with Gasteiger partial charge in [0.2, 0.25) is 5.88 Å². The number of fused-ring (bicyclic) bond motifs is 5. The number of benzene rings is 1. The summed E-state index contributed by atoms with van der Waals surface area (Å²) in [5.74, 6) is 0.759. The zero-order valence-corrected chi connectivity index (χ0v) is 18.5. The second-order valence-electron chi connectivity index (χ2n) is 9.48. The van der Waals surface area contributed by atoms with E-state index in [0.717, 1.165) is 11.4 Å².